The van der Waals surface area contributed by atoms with Gasteiger partial charge in [0.25, 0.3) is 0 Å². The van der Waals surface area contributed by atoms with Crippen molar-refractivity contribution >= 4 is 31.7 Å². The smallest absolute Gasteiger partial charge is 0.790 e. The largest absolute Gasteiger partial charge is 1.00 e. The van der Waals surface area contributed by atoms with Crippen LogP contribution in [0.4, 0.5) is 0 Å². The molecule has 0 saturated carbocycles. The molecule has 0 radical (unpaired) electrons. The minimum atomic E-state index is -5.14. The minimum Gasteiger partial charge on any atom is -0.790 e. The maximum atomic E-state index is 10.3. The molecule has 0 heterocycles. The molecule has 0 spiro atoms. The summed E-state index contributed by atoms with van der Waals surface area (Å²) in [4.78, 5) is 64.0. The summed E-state index contributed by atoms with van der Waals surface area (Å²) in [7, 11) is -5.14. The van der Waals surface area contributed by atoms with Gasteiger partial charge < -0.3 is 50.5 Å². The van der Waals surface area contributed by atoms with Gasteiger partial charge in [0.05, 0.1) is 27.2 Å². The van der Waals surface area contributed by atoms with E-state index in [2.05, 4.69) is 5.73 Å². The Labute approximate surface area is 184 Å². The van der Waals surface area contributed by atoms with Crippen LogP contribution in [-0.2, 0) is 23.7 Å². The molecule has 17 heteroatoms. The van der Waals surface area contributed by atoms with Gasteiger partial charge in [0.2, 0.25) is 0 Å². The van der Waals surface area contributed by atoms with Crippen molar-refractivity contribution in [1.82, 2.24) is 0 Å². The van der Waals surface area contributed by atoms with E-state index in [1.807, 2.05) is 0 Å². The predicted molar refractivity (Wildman–Crippen MR) is 63.6 cm³/mol. The van der Waals surface area contributed by atoms with Gasteiger partial charge in [-0.2, -0.15) is 0 Å². The van der Waals surface area contributed by atoms with Crippen molar-refractivity contribution in [3.8, 4) is 0 Å². The summed E-state index contributed by atoms with van der Waals surface area (Å²) in [5.74, 6) is -5.99. The van der Waals surface area contributed by atoms with Gasteiger partial charge >= 0.3 is 83.0 Å². The first-order valence-electron chi connectivity index (χ1n) is 5.11. The maximum Gasteiger partial charge on any atom is 1.00 e. The normalized spacial score (nSPS) is 9.48. The fourth-order valence-corrected chi connectivity index (χ4v) is 0.714. The van der Waals surface area contributed by atoms with E-state index in [4.69, 9.17) is 44.8 Å². The number of nitrogens with two attached hydrogens (primary N) is 1. The number of carboxylic acids is 4. The molecule has 0 unspecified atom stereocenters. The van der Waals surface area contributed by atoms with E-state index in [-0.39, 0.29) is 65.7 Å². The van der Waals surface area contributed by atoms with E-state index in [0.717, 1.165) is 0 Å². The van der Waals surface area contributed by atoms with Crippen molar-refractivity contribution in [3.63, 3.8) is 0 Å². The van der Waals surface area contributed by atoms with Crippen LogP contribution in [0.2, 0.25) is 0 Å². The number of hydrogen-bond acceptors (Lipinski definition) is 9. The van der Waals surface area contributed by atoms with Crippen LogP contribution in [0.5, 0.6) is 0 Å². The molecule has 14 nitrogen and oxygen atoms in total. The van der Waals surface area contributed by atoms with Crippen molar-refractivity contribution in [2.75, 3.05) is 6.54 Å². The summed E-state index contributed by atoms with van der Waals surface area (Å²) in [6.45, 7) is -0.278. The van der Waals surface area contributed by atoms with Crippen molar-refractivity contribution in [3.05, 3.63) is 0 Å². The van der Waals surface area contributed by atoms with Gasteiger partial charge in [-0.05, 0) is 0 Å². The molecule has 0 aliphatic rings. The number of aliphatic carboxylic acids is 4. The predicted octanol–water partition coefficient (Wildman–Crippen LogP) is -10.4. The van der Waals surface area contributed by atoms with Crippen LogP contribution in [-0.4, -0.2) is 66.4 Å². The second-order valence-electron chi connectivity index (χ2n) is 3.54. The van der Waals surface area contributed by atoms with Crippen LogP contribution in [0, 0.1) is 0 Å². The molecule has 0 rings (SSSR count). The Bertz CT molecular complexity index is 454. The topological polar surface area (TPSA) is 279 Å². The fraction of sp³-hybridized carbons (Fsp3) is 0.500. The molecule has 0 aromatic rings. The zero-order chi connectivity index (χ0) is 19.4. The molecule has 0 atom stereocenters. The molecule has 0 saturated heterocycles. The molecule has 0 bridgehead atoms. The molecular formula is C8H14NNa2O13P. The molecule has 8 N–H and O–H groups in total. The van der Waals surface area contributed by atoms with Gasteiger partial charge in [-0.25, -0.2) is 4.79 Å². The van der Waals surface area contributed by atoms with Gasteiger partial charge in [-0.15, -0.1) is 0 Å². The van der Waals surface area contributed by atoms with E-state index in [1.54, 1.807) is 0 Å². The van der Waals surface area contributed by atoms with Crippen LogP contribution in [0.15, 0.2) is 0 Å². The Hall–Kier alpha value is -0.0900. The summed E-state index contributed by atoms with van der Waals surface area (Å²) in [6.07, 6.45) is -2.29. The van der Waals surface area contributed by atoms with Gasteiger partial charge in [0, 0.05) is 0 Å². The van der Waals surface area contributed by atoms with E-state index in [1.165, 1.54) is 0 Å². The molecule has 0 fully saturated rings. The molecule has 0 aromatic carbocycles. The zero-order valence-corrected chi connectivity index (χ0v) is 18.1. The standard InChI is InChI=1S/C6H8O7.C2H5NO2.2Na.H3O4P/c7-3(8)1-6(13,5(11)12)2-4(9)10;3-1-2(4)5;;;1-5(2,3)4/h13H,1-2H2,(H,7,8)(H,9,10)(H,11,12);1,3H2,(H,4,5);;;(H3,1,2,3,4)/q;;2*+1;/p-2. The van der Waals surface area contributed by atoms with Crippen molar-refractivity contribution in [1.29, 1.82) is 0 Å². The molecule has 0 aromatic heterocycles. The van der Waals surface area contributed by atoms with Crippen LogP contribution < -0.4 is 74.6 Å². The molecule has 0 aliphatic heterocycles. The van der Waals surface area contributed by atoms with Gasteiger partial charge in [0.1, 0.15) is 0 Å². The van der Waals surface area contributed by atoms with Crippen LogP contribution >= 0.6 is 7.82 Å². The Morgan fingerprint density at radius 2 is 1.08 bits per heavy atom. The third-order valence-corrected chi connectivity index (χ3v) is 1.46. The maximum absolute atomic E-state index is 10.3. The Kier molecular flexibility index (Phi) is 24.9. The third-order valence-electron chi connectivity index (χ3n) is 1.46. The average Bonchev–Trinajstić information content (AvgIpc) is 2.24. The number of aliphatic hydroxyl groups is 1. The van der Waals surface area contributed by atoms with Crippen molar-refractivity contribution in [2.24, 2.45) is 5.73 Å². The van der Waals surface area contributed by atoms with E-state index >= 15 is 0 Å². The SMILES string of the molecule is NCC(=O)O.O=C(O)CC(O)(CC(=O)O)C(=O)O.O=P([O-])([O-])O.[Na+].[Na+]. The molecular weight excluding hydrogens is 395 g/mol. The number of carboxylic acid groups (broad SMARTS) is 4. The minimum absolute atomic E-state index is 0. The fourth-order valence-electron chi connectivity index (χ4n) is 0.714. The number of phosphoric acid groups is 1. The van der Waals surface area contributed by atoms with Crippen molar-refractivity contribution in [2.45, 2.75) is 18.4 Å². The summed E-state index contributed by atoms with van der Waals surface area (Å²) in [5.41, 5.74) is 1.83. The van der Waals surface area contributed by atoms with E-state index < -0.39 is 50.1 Å². The Balaban J connectivity index is -0.0000000933. The zero-order valence-electron chi connectivity index (χ0n) is 13.2. The van der Waals surface area contributed by atoms with Gasteiger partial charge in [0.15, 0.2) is 5.60 Å². The first-order valence-corrected chi connectivity index (χ1v) is 6.60. The average molecular weight is 409 g/mol. The quantitative estimate of drug-likeness (QED) is 0.158. The molecule has 136 valence electrons. The Morgan fingerprint density at radius 1 is 0.880 bits per heavy atom. The summed E-state index contributed by atoms with van der Waals surface area (Å²) >= 11 is 0. The third kappa shape index (κ3) is 35.8. The van der Waals surface area contributed by atoms with Gasteiger partial charge in [-0.3, -0.25) is 14.4 Å². The monoisotopic (exact) mass is 409 g/mol. The second kappa shape index (κ2) is 17.3. The van der Waals surface area contributed by atoms with Crippen LogP contribution in [0.3, 0.4) is 0 Å². The summed E-state index contributed by atoms with van der Waals surface area (Å²) in [5, 5.41) is 41.4. The number of rotatable bonds is 6. The first-order chi connectivity index (χ1) is 10.0. The van der Waals surface area contributed by atoms with Crippen LogP contribution in [0.25, 0.3) is 0 Å². The van der Waals surface area contributed by atoms with E-state index in [9.17, 15) is 19.2 Å². The molecule has 25 heavy (non-hydrogen) atoms. The molecule has 0 amide bonds. The summed E-state index contributed by atoms with van der Waals surface area (Å²) in [6, 6.07) is 0. The molecule has 0 aliphatic carbocycles. The second-order valence-corrected chi connectivity index (χ2v) is 4.48. The van der Waals surface area contributed by atoms with Gasteiger partial charge in [-0.1, -0.05) is 0 Å². The summed E-state index contributed by atoms with van der Waals surface area (Å²) < 4.78 is 8.66. The van der Waals surface area contributed by atoms with Crippen LogP contribution in [0.1, 0.15) is 12.8 Å². The number of carbonyl (C=O) groups is 4. The number of hydrogen-bond donors (Lipinski definition) is 7. The Morgan fingerprint density at radius 3 is 1.16 bits per heavy atom. The van der Waals surface area contributed by atoms with Crippen molar-refractivity contribution < 1.29 is 123 Å². The first kappa shape index (κ1) is 35.9. The van der Waals surface area contributed by atoms with E-state index in [0.29, 0.717) is 0 Å².